The number of pyridine rings is 1. The molecule has 1 fully saturated rings. The van der Waals surface area contributed by atoms with Crippen molar-refractivity contribution in [3.05, 3.63) is 71.4 Å². The van der Waals surface area contributed by atoms with Gasteiger partial charge < -0.3 is 14.7 Å². The van der Waals surface area contributed by atoms with Gasteiger partial charge in [0.1, 0.15) is 5.75 Å². The standard InChI is InChI=1S/C30H35F3N2O3/c1-38-25-12-13-28-26(19-25)22(14-16-34-28)6-4-7-23-15-18-35(20-27(23)29(36)37)17-3-2-5-21-8-10-24(11-9-21)30(31,32)33/h8-14,16,19,23,27H,2-7,15,17-18,20H2,1H3,(H,36,37)/t23-,27+/m1/s1. The zero-order chi connectivity index (χ0) is 27.1. The Hall–Kier alpha value is -3.13. The molecule has 0 amide bonds. The second-order valence-corrected chi connectivity index (χ2v) is 10.2. The van der Waals surface area contributed by atoms with Crippen LogP contribution in [0.25, 0.3) is 10.9 Å². The van der Waals surface area contributed by atoms with Gasteiger partial charge in [0.05, 0.1) is 24.1 Å². The van der Waals surface area contributed by atoms with Crippen molar-refractivity contribution in [3.8, 4) is 5.75 Å². The van der Waals surface area contributed by atoms with E-state index in [9.17, 15) is 23.1 Å². The quantitative estimate of drug-likeness (QED) is 0.283. The molecule has 1 aliphatic heterocycles. The summed E-state index contributed by atoms with van der Waals surface area (Å²) < 4.78 is 43.5. The Bertz CT molecular complexity index is 1210. The molecular weight excluding hydrogens is 493 g/mol. The van der Waals surface area contributed by atoms with Gasteiger partial charge in [-0.3, -0.25) is 9.78 Å². The second kappa shape index (κ2) is 12.6. The number of aromatic nitrogens is 1. The van der Waals surface area contributed by atoms with Crippen molar-refractivity contribution in [1.29, 1.82) is 0 Å². The van der Waals surface area contributed by atoms with E-state index in [2.05, 4.69) is 9.88 Å². The Labute approximate surface area is 221 Å². The fourth-order valence-electron chi connectivity index (χ4n) is 5.50. The van der Waals surface area contributed by atoms with Gasteiger partial charge in [0.2, 0.25) is 0 Å². The summed E-state index contributed by atoms with van der Waals surface area (Å²) in [5, 5.41) is 11.0. The van der Waals surface area contributed by atoms with E-state index < -0.39 is 17.7 Å². The molecule has 0 aliphatic carbocycles. The molecular formula is C30H35F3N2O3. The van der Waals surface area contributed by atoms with E-state index >= 15 is 0 Å². The van der Waals surface area contributed by atoms with Gasteiger partial charge in [-0.1, -0.05) is 12.1 Å². The summed E-state index contributed by atoms with van der Waals surface area (Å²) in [7, 11) is 1.65. The summed E-state index contributed by atoms with van der Waals surface area (Å²) in [4.78, 5) is 18.7. The predicted octanol–water partition coefficient (Wildman–Crippen LogP) is 6.63. The molecule has 0 radical (unpaired) electrons. The van der Waals surface area contributed by atoms with Gasteiger partial charge >= 0.3 is 12.1 Å². The number of aliphatic carboxylic acids is 1. The number of piperidine rings is 1. The molecule has 0 saturated carbocycles. The number of fused-ring (bicyclic) bond motifs is 1. The third kappa shape index (κ3) is 7.25. The first-order chi connectivity index (χ1) is 18.2. The fourth-order valence-corrected chi connectivity index (χ4v) is 5.50. The van der Waals surface area contributed by atoms with E-state index in [1.54, 1.807) is 19.2 Å². The predicted molar refractivity (Wildman–Crippen MR) is 141 cm³/mol. The minimum absolute atomic E-state index is 0.151. The molecule has 2 atom stereocenters. The first-order valence-electron chi connectivity index (χ1n) is 13.3. The molecule has 2 aromatic carbocycles. The summed E-state index contributed by atoms with van der Waals surface area (Å²) in [6, 6.07) is 13.2. The van der Waals surface area contributed by atoms with E-state index in [-0.39, 0.29) is 11.8 Å². The number of nitrogens with zero attached hydrogens (tertiary/aromatic N) is 2. The minimum atomic E-state index is -4.31. The van der Waals surface area contributed by atoms with Gasteiger partial charge in [0.15, 0.2) is 0 Å². The highest BCUT2D eigenvalue weighted by Crippen LogP contribution is 2.31. The van der Waals surface area contributed by atoms with Crippen LogP contribution in [-0.4, -0.2) is 47.7 Å². The van der Waals surface area contributed by atoms with E-state index in [0.717, 1.165) is 86.0 Å². The average Bonchev–Trinajstić information content (AvgIpc) is 2.91. The monoisotopic (exact) mass is 528 g/mol. The summed E-state index contributed by atoms with van der Waals surface area (Å²) >= 11 is 0. The zero-order valence-electron chi connectivity index (χ0n) is 21.7. The molecule has 1 saturated heterocycles. The number of methoxy groups -OCH3 is 1. The molecule has 0 spiro atoms. The number of aryl methyl sites for hydroxylation is 2. The number of carboxylic acid groups (broad SMARTS) is 1. The Morgan fingerprint density at radius 2 is 1.87 bits per heavy atom. The fraction of sp³-hybridized carbons (Fsp3) is 0.467. The molecule has 0 unspecified atom stereocenters. The van der Waals surface area contributed by atoms with Crippen LogP contribution in [0, 0.1) is 11.8 Å². The lowest BCUT2D eigenvalue weighted by molar-refractivity contribution is -0.146. The summed E-state index contributed by atoms with van der Waals surface area (Å²) in [6.07, 6.45) is 3.47. The molecule has 4 rings (SSSR count). The Kier molecular flexibility index (Phi) is 9.26. The Morgan fingerprint density at radius 1 is 1.08 bits per heavy atom. The number of unbranched alkanes of at least 4 members (excludes halogenated alkanes) is 1. The van der Waals surface area contributed by atoms with Crippen LogP contribution in [0.4, 0.5) is 13.2 Å². The van der Waals surface area contributed by atoms with Crippen LogP contribution in [0.3, 0.4) is 0 Å². The SMILES string of the molecule is COc1ccc2nccc(CCC[C@@H]3CCN(CCCCc4ccc(C(F)(F)F)cc4)C[C@@H]3C(=O)O)c2c1. The highest BCUT2D eigenvalue weighted by molar-refractivity contribution is 5.83. The van der Waals surface area contributed by atoms with Crippen LogP contribution < -0.4 is 4.74 Å². The number of hydrogen-bond donors (Lipinski definition) is 1. The lowest BCUT2D eigenvalue weighted by Crippen LogP contribution is -2.44. The Morgan fingerprint density at radius 3 is 2.58 bits per heavy atom. The molecule has 3 aromatic rings. The van der Waals surface area contributed by atoms with Gasteiger partial charge in [0, 0.05) is 18.1 Å². The van der Waals surface area contributed by atoms with Gasteiger partial charge in [-0.25, -0.2) is 0 Å². The molecule has 204 valence electrons. The van der Waals surface area contributed by atoms with Crippen LogP contribution in [0.2, 0.25) is 0 Å². The van der Waals surface area contributed by atoms with Gasteiger partial charge in [-0.05, 0) is 111 Å². The first-order valence-corrected chi connectivity index (χ1v) is 13.3. The van der Waals surface area contributed by atoms with Crippen molar-refractivity contribution in [1.82, 2.24) is 9.88 Å². The maximum Gasteiger partial charge on any atom is 0.416 e. The molecule has 1 aliphatic rings. The van der Waals surface area contributed by atoms with E-state index in [4.69, 9.17) is 4.74 Å². The van der Waals surface area contributed by atoms with Crippen LogP contribution in [-0.2, 0) is 23.8 Å². The summed E-state index contributed by atoms with van der Waals surface area (Å²) in [5.74, 6) is -0.167. The molecule has 0 bridgehead atoms. The lowest BCUT2D eigenvalue weighted by Gasteiger charge is -2.36. The van der Waals surface area contributed by atoms with Crippen molar-refractivity contribution in [3.63, 3.8) is 0 Å². The highest BCUT2D eigenvalue weighted by atomic mass is 19.4. The van der Waals surface area contributed by atoms with E-state index in [1.165, 1.54) is 5.56 Å². The van der Waals surface area contributed by atoms with E-state index in [1.807, 2.05) is 30.5 Å². The topological polar surface area (TPSA) is 62.7 Å². The van der Waals surface area contributed by atoms with Crippen molar-refractivity contribution in [2.45, 2.75) is 51.1 Å². The number of hydrogen-bond acceptors (Lipinski definition) is 4. The highest BCUT2D eigenvalue weighted by Gasteiger charge is 2.33. The molecule has 5 nitrogen and oxygen atoms in total. The van der Waals surface area contributed by atoms with Gasteiger partial charge in [-0.2, -0.15) is 13.2 Å². The number of likely N-dealkylation sites (tertiary alicyclic amines) is 1. The van der Waals surface area contributed by atoms with E-state index in [0.29, 0.717) is 13.0 Å². The van der Waals surface area contributed by atoms with Crippen LogP contribution in [0.15, 0.2) is 54.7 Å². The van der Waals surface area contributed by atoms with Crippen LogP contribution >= 0.6 is 0 Å². The Balaban J connectivity index is 1.23. The lowest BCUT2D eigenvalue weighted by atomic mass is 9.81. The van der Waals surface area contributed by atoms with Crippen LogP contribution in [0.5, 0.6) is 5.75 Å². The normalized spacial score (nSPS) is 18.5. The summed E-state index contributed by atoms with van der Waals surface area (Å²) in [5.41, 5.74) is 2.39. The van der Waals surface area contributed by atoms with Crippen LogP contribution in [0.1, 0.15) is 48.8 Å². The second-order valence-electron chi connectivity index (χ2n) is 10.2. The maximum atomic E-state index is 12.7. The number of carboxylic acids is 1. The number of ether oxygens (including phenoxy) is 1. The van der Waals surface area contributed by atoms with Crippen molar-refractivity contribution < 1.29 is 27.8 Å². The number of halogens is 3. The molecule has 8 heteroatoms. The third-order valence-electron chi connectivity index (χ3n) is 7.69. The van der Waals surface area contributed by atoms with Crippen molar-refractivity contribution >= 4 is 16.9 Å². The first kappa shape index (κ1) is 27.9. The maximum absolute atomic E-state index is 12.7. The third-order valence-corrected chi connectivity index (χ3v) is 7.69. The average molecular weight is 529 g/mol. The van der Waals surface area contributed by atoms with Gasteiger partial charge in [0.25, 0.3) is 0 Å². The van der Waals surface area contributed by atoms with Crippen molar-refractivity contribution in [2.24, 2.45) is 11.8 Å². The molecule has 1 N–H and O–H groups in total. The largest absolute Gasteiger partial charge is 0.497 e. The zero-order valence-corrected chi connectivity index (χ0v) is 21.7. The summed E-state index contributed by atoms with van der Waals surface area (Å²) in [6.45, 7) is 2.24. The van der Waals surface area contributed by atoms with Crippen molar-refractivity contribution in [2.75, 3.05) is 26.7 Å². The van der Waals surface area contributed by atoms with Gasteiger partial charge in [-0.15, -0.1) is 0 Å². The minimum Gasteiger partial charge on any atom is -0.497 e. The number of benzene rings is 2. The molecule has 1 aromatic heterocycles. The molecule has 38 heavy (non-hydrogen) atoms. The molecule has 2 heterocycles. The number of alkyl halides is 3. The number of rotatable bonds is 11. The smallest absolute Gasteiger partial charge is 0.416 e. The number of carbonyl (C=O) groups is 1.